The normalized spacial score (nSPS) is 47.1. The number of Topliss-reactive ketones (excluding diaryl/α,β-unsaturated/α-hetero) is 4. The molecule has 2 aliphatic heterocycles. The number of ether oxygens (including phenoxy) is 2. The highest BCUT2D eigenvalue weighted by atomic mass is 16.7. The molecule has 2 N–H and O–H groups in total. The molecule has 74 heavy (non-hydrogen) atoms. The highest BCUT2D eigenvalue weighted by molar-refractivity contribution is 5.97. The fraction of sp³-hybridized carbons (Fsp3) is 0.758. The van der Waals surface area contributed by atoms with E-state index in [0.29, 0.717) is 62.2 Å². The van der Waals surface area contributed by atoms with Gasteiger partial charge in [0.05, 0.1) is 0 Å². The first-order valence-electron chi connectivity index (χ1n) is 29.4. The zero-order valence-electron chi connectivity index (χ0n) is 47.9. The van der Waals surface area contributed by atoms with Crippen LogP contribution in [0.1, 0.15) is 210 Å². The van der Waals surface area contributed by atoms with E-state index < -0.39 is 22.8 Å². The first-order chi connectivity index (χ1) is 34.4. The van der Waals surface area contributed by atoms with E-state index in [4.69, 9.17) is 9.47 Å². The highest BCUT2D eigenvalue weighted by Gasteiger charge is 2.74. The smallest absolute Gasteiger partial charge is 0.231 e. The maximum atomic E-state index is 13.9. The molecule has 0 aromatic carbocycles. The average molecular weight is 1020 g/mol. The van der Waals surface area contributed by atoms with Crippen LogP contribution in [0.2, 0.25) is 0 Å². The van der Waals surface area contributed by atoms with Crippen molar-refractivity contribution in [2.45, 2.75) is 233 Å². The molecule has 0 aromatic rings. The maximum absolute atomic E-state index is 13.9. The molecule has 10 fully saturated rings. The molecule has 2 saturated heterocycles. The summed E-state index contributed by atoms with van der Waals surface area (Å²) < 4.78 is 12.8. The van der Waals surface area contributed by atoms with Gasteiger partial charge in [-0.15, -0.1) is 0 Å². The van der Waals surface area contributed by atoms with Gasteiger partial charge >= 0.3 is 0 Å². The lowest BCUT2D eigenvalue weighted by Crippen LogP contribution is -2.59. The monoisotopic (exact) mass is 1020 g/mol. The van der Waals surface area contributed by atoms with Crippen LogP contribution in [0.5, 0.6) is 0 Å². The van der Waals surface area contributed by atoms with Crippen LogP contribution in [0.4, 0.5) is 0 Å². The van der Waals surface area contributed by atoms with Crippen molar-refractivity contribution in [2.75, 3.05) is 0 Å². The van der Waals surface area contributed by atoms with Gasteiger partial charge in [-0.25, -0.2) is 0 Å². The summed E-state index contributed by atoms with van der Waals surface area (Å²) in [7, 11) is 0. The van der Waals surface area contributed by atoms with Crippen molar-refractivity contribution in [1.82, 2.24) is 0 Å². The van der Waals surface area contributed by atoms with Gasteiger partial charge < -0.3 is 19.7 Å². The molecule has 10 aliphatic rings. The fourth-order valence-electron chi connectivity index (χ4n) is 17.8. The predicted molar refractivity (Wildman–Crippen MR) is 295 cm³/mol. The standard InChI is InChI=1S/2C30H42O4.C6H14/c2*1-17(2)20-8-10-27(6)15-25(31)29(19(5)22(27)12-20)14-24-23-13-21(18(3)4)9-11-28(23,7)16-26(32)30(24,33)34-29;1-3-5-6-4-2/h2*20-24,33H,1,3,5,8-16H2,2,4,6-7H3;3-6H2,1-2H3/t2*20-,21-,22+,23+,24+,27+,28+,29-,30+;/m11./s1. The topological polar surface area (TPSA) is 127 Å². The van der Waals surface area contributed by atoms with Crippen LogP contribution in [0.3, 0.4) is 0 Å². The molecular weight excluding hydrogens is 921 g/mol. The van der Waals surface area contributed by atoms with Gasteiger partial charge in [-0.3, -0.25) is 19.2 Å². The lowest BCUT2D eigenvalue weighted by molar-refractivity contribution is -0.248. The van der Waals surface area contributed by atoms with Gasteiger partial charge in [0.25, 0.3) is 0 Å². The number of aliphatic hydroxyl groups is 2. The summed E-state index contributed by atoms with van der Waals surface area (Å²) in [5.41, 5.74) is 3.16. The molecule has 10 rings (SSSR count). The van der Waals surface area contributed by atoms with Crippen molar-refractivity contribution in [2.24, 2.45) is 80.8 Å². The van der Waals surface area contributed by atoms with Crippen LogP contribution in [0.15, 0.2) is 72.9 Å². The Morgan fingerprint density at radius 3 is 1.05 bits per heavy atom. The van der Waals surface area contributed by atoms with Crippen molar-refractivity contribution in [3.05, 3.63) is 72.9 Å². The van der Waals surface area contributed by atoms with Crippen LogP contribution < -0.4 is 0 Å². The number of hydrogen-bond donors (Lipinski definition) is 2. The predicted octanol–water partition coefficient (Wildman–Crippen LogP) is 14.5. The first-order valence-corrected chi connectivity index (χ1v) is 29.4. The molecule has 0 amide bonds. The third kappa shape index (κ3) is 9.21. The van der Waals surface area contributed by atoms with Crippen LogP contribution >= 0.6 is 0 Å². The Balaban J connectivity index is 0.000000178. The van der Waals surface area contributed by atoms with E-state index in [1.54, 1.807) is 0 Å². The van der Waals surface area contributed by atoms with E-state index in [1.807, 2.05) is 0 Å². The number of carbonyl (C=O) groups is 4. The molecule has 0 aromatic heterocycles. The molecule has 8 aliphatic carbocycles. The molecule has 2 heterocycles. The van der Waals surface area contributed by atoms with Crippen LogP contribution in [0.25, 0.3) is 0 Å². The maximum Gasteiger partial charge on any atom is 0.231 e. The molecular formula is C66H98O8. The average Bonchev–Trinajstić information content (AvgIpc) is 3.84. The van der Waals surface area contributed by atoms with Crippen molar-refractivity contribution >= 4 is 23.1 Å². The molecule has 0 unspecified atom stereocenters. The molecule has 2 spiro atoms. The molecule has 0 radical (unpaired) electrons. The van der Waals surface area contributed by atoms with E-state index in [0.717, 1.165) is 99.3 Å². The second-order valence-electron chi connectivity index (χ2n) is 28.2. The number of unbranched alkanes of at least 4 members (excludes halogenated alkanes) is 3. The summed E-state index contributed by atoms with van der Waals surface area (Å²) in [6.07, 6.45) is 19.3. The summed E-state index contributed by atoms with van der Waals surface area (Å²) in [4.78, 5) is 54.6. The number of rotatable bonds is 7. The molecule has 0 bridgehead atoms. The molecule has 410 valence electrons. The van der Waals surface area contributed by atoms with Gasteiger partial charge in [0, 0.05) is 37.5 Å². The summed E-state index contributed by atoms with van der Waals surface area (Å²) in [6, 6.07) is 0. The first kappa shape index (κ1) is 57.1. The second-order valence-corrected chi connectivity index (χ2v) is 28.2. The van der Waals surface area contributed by atoms with Crippen molar-refractivity contribution in [1.29, 1.82) is 0 Å². The zero-order valence-corrected chi connectivity index (χ0v) is 47.9. The third-order valence-corrected chi connectivity index (χ3v) is 23.1. The number of ketones is 4. The highest BCUT2D eigenvalue weighted by Crippen LogP contribution is 2.68. The summed E-state index contributed by atoms with van der Waals surface area (Å²) in [6.45, 7) is 47.4. The fourth-order valence-corrected chi connectivity index (χ4v) is 17.8. The lowest BCUT2D eigenvalue weighted by atomic mass is 9.50. The Morgan fingerprint density at radius 2 is 0.757 bits per heavy atom. The molecule has 8 saturated carbocycles. The SMILES string of the molecule is C=C(C)[C@@H]1CC[C@@]2(C)CC(=O)[C@@]3(C[C@H]4[C@@H]5C[C@H](C(=C)C)CC[C@@]5(C)CC(=O)[C@@]4(O)O3)C(=C)[C@@H]2C1.C=C(C)[C@@H]1CC[C@@]2(C)CC(=O)[C@@]3(C[C@H]4[C@@H]5C[C@H](C(=C)C)CC[C@@]5(C)CC(=O)[C@@]4(O)O3)C(=C)[C@@H]2C1.CCCCCC. The minimum Gasteiger partial charge on any atom is -0.359 e. The summed E-state index contributed by atoms with van der Waals surface area (Å²) >= 11 is 0. The van der Waals surface area contributed by atoms with Gasteiger partial charge in [0.15, 0.2) is 34.3 Å². The number of fused-ring (bicyclic) bond motifs is 8. The zero-order chi connectivity index (χ0) is 54.5. The molecule has 18 atom stereocenters. The Bertz CT molecular complexity index is 2210. The van der Waals surface area contributed by atoms with Crippen LogP contribution in [-0.4, -0.2) is 56.1 Å². The van der Waals surface area contributed by atoms with Gasteiger partial charge in [-0.05, 0) is 198 Å². The van der Waals surface area contributed by atoms with Crippen LogP contribution in [0, 0.1) is 80.8 Å². The van der Waals surface area contributed by atoms with E-state index in [1.165, 1.54) is 36.8 Å². The minimum atomic E-state index is -1.89. The van der Waals surface area contributed by atoms with Gasteiger partial charge in [-0.2, -0.15) is 0 Å². The Morgan fingerprint density at radius 1 is 0.473 bits per heavy atom. The Hall–Kier alpha value is -3.04. The lowest BCUT2D eigenvalue weighted by Gasteiger charge is -2.53. The van der Waals surface area contributed by atoms with E-state index >= 15 is 0 Å². The minimum absolute atomic E-state index is 0.00890. The Labute approximate surface area is 447 Å². The number of allylic oxidation sites excluding steroid dienone is 4. The third-order valence-electron chi connectivity index (χ3n) is 23.1. The second kappa shape index (κ2) is 20.0. The van der Waals surface area contributed by atoms with Gasteiger partial charge in [0.1, 0.15) is 0 Å². The van der Waals surface area contributed by atoms with Crippen LogP contribution in [-0.2, 0) is 28.7 Å². The van der Waals surface area contributed by atoms with E-state index in [2.05, 4.69) is 109 Å². The quantitative estimate of drug-likeness (QED) is 0.191. The summed E-state index contributed by atoms with van der Waals surface area (Å²) in [5.74, 6) is -2.96. The van der Waals surface area contributed by atoms with E-state index in [-0.39, 0.29) is 80.3 Å². The van der Waals surface area contributed by atoms with Crippen molar-refractivity contribution < 1.29 is 38.9 Å². The molecule has 8 nitrogen and oxygen atoms in total. The van der Waals surface area contributed by atoms with Gasteiger partial charge in [0.2, 0.25) is 11.6 Å². The largest absolute Gasteiger partial charge is 0.359 e. The Kier molecular flexibility index (Phi) is 15.4. The van der Waals surface area contributed by atoms with E-state index in [9.17, 15) is 29.4 Å². The molecule has 8 heteroatoms. The van der Waals surface area contributed by atoms with Gasteiger partial charge in [-0.1, -0.05) is 129 Å². The van der Waals surface area contributed by atoms with Crippen molar-refractivity contribution in [3.8, 4) is 0 Å². The van der Waals surface area contributed by atoms with Crippen molar-refractivity contribution in [3.63, 3.8) is 0 Å². The summed E-state index contributed by atoms with van der Waals surface area (Å²) in [5, 5.41) is 23.6. The number of carbonyl (C=O) groups excluding carboxylic acids is 4. The number of hydrogen-bond acceptors (Lipinski definition) is 8.